The maximum absolute atomic E-state index is 5.66. The first-order valence-electron chi connectivity index (χ1n) is 18.9. The van der Waals surface area contributed by atoms with Gasteiger partial charge in [0.25, 0.3) is 0 Å². The summed E-state index contributed by atoms with van der Waals surface area (Å²) in [5.41, 5.74) is 5.44. The lowest BCUT2D eigenvalue weighted by Gasteiger charge is -2.35. The molecule has 8 aromatic rings. The van der Waals surface area contributed by atoms with Crippen LogP contribution < -0.4 is 51.0 Å². The predicted molar refractivity (Wildman–Crippen MR) is 235 cm³/mol. The second-order valence-corrected chi connectivity index (χ2v) is 22.0. The largest absolute Gasteiger partial charge is 0.497 e. The first-order valence-corrected chi connectivity index (χ1v) is 22.9. The van der Waals surface area contributed by atoms with Crippen molar-refractivity contribution in [1.29, 1.82) is 0 Å². The number of benzene rings is 8. The molecule has 1 aliphatic rings. The zero-order valence-electron chi connectivity index (χ0n) is 31.2. The summed E-state index contributed by atoms with van der Waals surface area (Å²) in [5.74, 6) is 1.73. The minimum atomic E-state index is -2.78. The van der Waals surface area contributed by atoms with Crippen molar-refractivity contribution >= 4 is 57.6 Å². The Bertz CT molecular complexity index is 2290. The molecule has 0 saturated heterocycles. The van der Waals surface area contributed by atoms with Crippen molar-refractivity contribution in [3.63, 3.8) is 0 Å². The standard InChI is InChI=1S/C51H42O2Si2/c1-52-40-25-31-46(32-26-40)54(42-15-7-3-8-16-42,43-17-9-4-10-18-43)48-29-23-38-35-39-24-30-49(37-51(39)50(38)36-48)55(44-19-11-5-12-20-44,45-21-13-6-14-22-45)47-33-27-41(53-2)28-34-47/h3-34,36-37H,35H2,1-2H3. The minimum absolute atomic E-state index is 0.865. The van der Waals surface area contributed by atoms with Gasteiger partial charge in [0.05, 0.1) is 14.2 Å². The van der Waals surface area contributed by atoms with E-state index in [1.807, 2.05) is 0 Å². The summed E-state index contributed by atoms with van der Waals surface area (Å²) in [6, 6.07) is 77.1. The van der Waals surface area contributed by atoms with Gasteiger partial charge in [-0.1, -0.05) is 182 Å². The number of rotatable bonds is 10. The maximum Gasteiger partial charge on any atom is 0.179 e. The van der Waals surface area contributed by atoms with Crippen LogP contribution >= 0.6 is 0 Å². The monoisotopic (exact) mass is 742 g/mol. The summed E-state index contributed by atoms with van der Waals surface area (Å²) in [5, 5.41) is 10.8. The summed E-state index contributed by atoms with van der Waals surface area (Å²) in [7, 11) is -2.08. The van der Waals surface area contributed by atoms with Crippen LogP contribution in [0.2, 0.25) is 0 Å². The first-order chi connectivity index (χ1) is 27.2. The molecule has 0 amide bonds. The molecule has 0 saturated carbocycles. The lowest BCUT2D eigenvalue weighted by atomic mass is 10.1. The Morgan fingerprint density at radius 2 is 0.582 bits per heavy atom. The van der Waals surface area contributed by atoms with E-state index < -0.39 is 16.1 Å². The van der Waals surface area contributed by atoms with Crippen LogP contribution in [0.3, 0.4) is 0 Å². The Labute approximate surface area is 326 Å². The maximum atomic E-state index is 5.66. The molecule has 0 fully saturated rings. The molecule has 0 N–H and O–H groups in total. The molecule has 2 nitrogen and oxygen atoms in total. The van der Waals surface area contributed by atoms with Gasteiger partial charge in [-0.15, -0.1) is 0 Å². The van der Waals surface area contributed by atoms with E-state index in [9.17, 15) is 0 Å². The number of hydrogen-bond donors (Lipinski definition) is 0. The van der Waals surface area contributed by atoms with Crippen molar-refractivity contribution in [3.8, 4) is 22.6 Å². The van der Waals surface area contributed by atoms with Crippen LogP contribution in [0.4, 0.5) is 0 Å². The van der Waals surface area contributed by atoms with Gasteiger partial charge in [-0.05, 0) is 94.4 Å². The summed E-state index contributed by atoms with van der Waals surface area (Å²) in [6.45, 7) is 0. The second kappa shape index (κ2) is 14.6. The fourth-order valence-corrected chi connectivity index (χ4v) is 18.6. The molecule has 0 aliphatic heterocycles. The third-order valence-corrected chi connectivity index (χ3v) is 21.2. The lowest BCUT2D eigenvalue weighted by Crippen LogP contribution is -2.74. The van der Waals surface area contributed by atoms with Crippen molar-refractivity contribution in [2.75, 3.05) is 14.2 Å². The fraction of sp³-hybridized carbons (Fsp3) is 0.0588. The SMILES string of the molecule is COc1ccc([Si](c2ccccc2)(c2ccccc2)c2ccc3c(c2)-c2cc([Si](c4ccccc4)(c4ccccc4)c4ccc(OC)cc4)ccc2C3)cc1. The van der Waals surface area contributed by atoms with E-state index >= 15 is 0 Å². The average Bonchev–Trinajstić information content (AvgIpc) is 3.64. The van der Waals surface area contributed by atoms with E-state index in [4.69, 9.17) is 9.47 Å². The molecule has 4 heteroatoms. The molecule has 0 atom stereocenters. The van der Waals surface area contributed by atoms with Gasteiger partial charge in [0, 0.05) is 0 Å². The van der Waals surface area contributed by atoms with E-state index in [2.05, 4.69) is 206 Å². The quantitative estimate of drug-likeness (QED) is 0.126. The van der Waals surface area contributed by atoms with Gasteiger partial charge in [-0.3, -0.25) is 0 Å². The number of fused-ring (bicyclic) bond motifs is 3. The topological polar surface area (TPSA) is 18.5 Å². The molecular formula is C51H42O2Si2. The van der Waals surface area contributed by atoms with E-state index in [0.717, 1.165) is 17.9 Å². The van der Waals surface area contributed by atoms with Gasteiger partial charge >= 0.3 is 0 Å². The third kappa shape index (κ3) is 5.77. The third-order valence-electron chi connectivity index (χ3n) is 11.6. The van der Waals surface area contributed by atoms with Gasteiger partial charge in [-0.2, -0.15) is 0 Å². The highest BCUT2D eigenvalue weighted by atomic mass is 28.3. The zero-order valence-corrected chi connectivity index (χ0v) is 33.2. The molecule has 55 heavy (non-hydrogen) atoms. The smallest absolute Gasteiger partial charge is 0.179 e. The molecule has 0 unspecified atom stereocenters. The summed E-state index contributed by atoms with van der Waals surface area (Å²) in [4.78, 5) is 0. The van der Waals surface area contributed by atoms with Crippen LogP contribution in [0.5, 0.6) is 11.5 Å². The molecule has 0 spiro atoms. The fourth-order valence-electron chi connectivity index (χ4n) is 9.07. The molecule has 0 heterocycles. The van der Waals surface area contributed by atoms with Crippen molar-refractivity contribution in [3.05, 3.63) is 217 Å². The highest BCUT2D eigenvalue weighted by molar-refractivity contribution is 7.20. The van der Waals surface area contributed by atoms with E-state index in [1.165, 1.54) is 63.7 Å². The summed E-state index contributed by atoms with van der Waals surface area (Å²) >= 11 is 0. The van der Waals surface area contributed by atoms with Crippen LogP contribution in [0, 0.1) is 0 Å². The predicted octanol–water partition coefficient (Wildman–Crippen LogP) is 6.03. The average molecular weight is 743 g/mol. The summed E-state index contributed by atoms with van der Waals surface area (Å²) in [6.07, 6.45) is 0.923. The zero-order chi connectivity index (χ0) is 37.2. The second-order valence-electron chi connectivity index (χ2n) is 14.3. The minimum Gasteiger partial charge on any atom is -0.497 e. The van der Waals surface area contributed by atoms with Gasteiger partial charge in [0.15, 0.2) is 16.1 Å². The number of hydrogen-bond acceptors (Lipinski definition) is 2. The van der Waals surface area contributed by atoms with Crippen molar-refractivity contribution < 1.29 is 9.47 Å². The van der Waals surface area contributed by atoms with Crippen LogP contribution in [-0.4, -0.2) is 30.4 Å². The van der Waals surface area contributed by atoms with E-state index in [0.29, 0.717) is 0 Å². The molecule has 0 radical (unpaired) electrons. The molecule has 9 rings (SSSR count). The Morgan fingerprint density at radius 1 is 0.309 bits per heavy atom. The van der Waals surface area contributed by atoms with Crippen molar-refractivity contribution in [2.24, 2.45) is 0 Å². The van der Waals surface area contributed by atoms with Crippen LogP contribution in [0.25, 0.3) is 11.1 Å². The molecule has 0 aromatic heterocycles. The van der Waals surface area contributed by atoms with E-state index in [-0.39, 0.29) is 0 Å². The number of ether oxygens (including phenoxy) is 2. The lowest BCUT2D eigenvalue weighted by molar-refractivity contribution is 0.415. The number of methoxy groups -OCH3 is 2. The highest BCUT2D eigenvalue weighted by Gasteiger charge is 2.44. The first kappa shape index (κ1) is 34.6. The normalized spacial score (nSPS) is 12.1. The molecular weight excluding hydrogens is 701 g/mol. The van der Waals surface area contributed by atoms with Crippen LogP contribution in [0.1, 0.15) is 11.1 Å². The van der Waals surface area contributed by atoms with Gasteiger partial charge in [-0.25, -0.2) is 0 Å². The Kier molecular flexibility index (Phi) is 9.14. The Morgan fingerprint density at radius 3 is 0.873 bits per heavy atom. The molecule has 266 valence electrons. The van der Waals surface area contributed by atoms with Crippen LogP contribution in [0.15, 0.2) is 206 Å². The Balaban J connectivity index is 1.30. The Hall–Kier alpha value is -6.21. The van der Waals surface area contributed by atoms with E-state index in [1.54, 1.807) is 14.2 Å². The highest BCUT2D eigenvalue weighted by Crippen LogP contribution is 2.36. The van der Waals surface area contributed by atoms with Gasteiger partial charge in [0.2, 0.25) is 0 Å². The van der Waals surface area contributed by atoms with Gasteiger partial charge in [0.1, 0.15) is 11.5 Å². The molecule has 8 aromatic carbocycles. The van der Waals surface area contributed by atoms with Crippen LogP contribution in [-0.2, 0) is 6.42 Å². The molecule has 1 aliphatic carbocycles. The van der Waals surface area contributed by atoms with Crippen molar-refractivity contribution in [2.45, 2.75) is 6.42 Å². The molecule has 0 bridgehead atoms. The van der Waals surface area contributed by atoms with Gasteiger partial charge < -0.3 is 9.47 Å². The van der Waals surface area contributed by atoms with Crippen molar-refractivity contribution in [1.82, 2.24) is 0 Å². The summed E-state index contributed by atoms with van der Waals surface area (Å²) < 4.78 is 11.3.